The van der Waals surface area contributed by atoms with Crippen LogP contribution in [0.15, 0.2) is 18.2 Å². The number of esters is 1. The third-order valence-corrected chi connectivity index (χ3v) is 4.54. The quantitative estimate of drug-likeness (QED) is 0.608. The molecule has 1 heterocycles. The Labute approximate surface area is 131 Å². The monoisotopic (exact) mass is 349 g/mol. The highest BCUT2D eigenvalue weighted by molar-refractivity contribution is 8.13. The van der Waals surface area contributed by atoms with E-state index in [9.17, 15) is 22.4 Å². The average Bonchev–Trinajstić information content (AvgIpc) is 2.76. The molecule has 120 valence electrons. The molecular formula is C13H13ClFNO5S. The van der Waals surface area contributed by atoms with Crippen molar-refractivity contribution in [3.8, 4) is 0 Å². The smallest absolute Gasteiger partial charge is 0.339 e. The van der Waals surface area contributed by atoms with Gasteiger partial charge in [0.1, 0.15) is 5.82 Å². The van der Waals surface area contributed by atoms with Crippen molar-refractivity contribution >= 4 is 37.3 Å². The van der Waals surface area contributed by atoms with Crippen LogP contribution in [0.3, 0.4) is 0 Å². The molecule has 0 saturated carbocycles. The highest BCUT2D eigenvalue weighted by Gasteiger charge is 2.35. The maximum absolute atomic E-state index is 13.5. The van der Waals surface area contributed by atoms with E-state index in [1.807, 2.05) is 0 Å². The van der Waals surface area contributed by atoms with Crippen molar-refractivity contribution in [2.75, 3.05) is 24.3 Å². The first kappa shape index (κ1) is 16.7. The third-order valence-electron chi connectivity index (χ3n) is 3.30. The number of ether oxygens (including phenoxy) is 1. The largest absolute Gasteiger partial charge is 0.465 e. The molecule has 0 radical (unpaired) electrons. The number of halogens is 2. The number of hydrogen-bond donors (Lipinski definition) is 0. The number of anilines is 1. The fraction of sp³-hybridized carbons (Fsp3) is 0.385. The Bertz CT molecular complexity index is 721. The lowest BCUT2D eigenvalue weighted by Crippen LogP contribution is -2.27. The van der Waals surface area contributed by atoms with Crippen molar-refractivity contribution in [1.82, 2.24) is 0 Å². The summed E-state index contributed by atoms with van der Waals surface area (Å²) in [6.45, 7) is 0.0399. The summed E-state index contributed by atoms with van der Waals surface area (Å²) < 4.78 is 40.3. The molecule has 1 aromatic rings. The highest BCUT2D eigenvalue weighted by atomic mass is 35.7. The minimum absolute atomic E-state index is 0.0339. The molecule has 1 aliphatic heterocycles. The first-order valence-electron chi connectivity index (χ1n) is 6.32. The Morgan fingerprint density at radius 3 is 2.77 bits per heavy atom. The number of benzene rings is 1. The van der Waals surface area contributed by atoms with Crippen LogP contribution in [0.25, 0.3) is 0 Å². The molecule has 22 heavy (non-hydrogen) atoms. The molecule has 1 unspecified atom stereocenters. The molecule has 1 aliphatic rings. The fourth-order valence-electron chi connectivity index (χ4n) is 2.42. The van der Waals surface area contributed by atoms with Crippen molar-refractivity contribution in [3.63, 3.8) is 0 Å². The zero-order valence-electron chi connectivity index (χ0n) is 11.6. The number of carbonyl (C=O) groups is 2. The topological polar surface area (TPSA) is 80.8 Å². The lowest BCUT2D eigenvalue weighted by atomic mass is 10.1. The summed E-state index contributed by atoms with van der Waals surface area (Å²) in [6.07, 6.45) is -0.0386. The van der Waals surface area contributed by atoms with Crippen molar-refractivity contribution in [1.29, 1.82) is 0 Å². The van der Waals surface area contributed by atoms with Gasteiger partial charge in [-0.05, 0) is 18.2 Å². The van der Waals surface area contributed by atoms with Gasteiger partial charge in [0.25, 0.3) is 0 Å². The minimum atomic E-state index is -3.75. The van der Waals surface area contributed by atoms with Crippen molar-refractivity contribution in [2.24, 2.45) is 5.92 Å². The molecule has 1 saturated heterocycles. The number of hydrogen-bond acceptors (Lipinski definition) is 5. The summed E-state index contributed by atoms with van der Waals surface area (Å²) in [4.78, 5) is 25.0. The van der Waals surface area contributed by atoms with E-state index in [0.717, 1.165) is 12.1 Å². The second-order valence-electron chi connectivity index (χ2n) is 4.93. The molecule has 6 nitrogen and oxygen atoms in total. The molecule has 1 aromatic carbocycles. The number of carbonyl (C=O) groups excluding carboxylic acids is 2. The molecule has 1 atom stereocenters. The molecule has 1 amide bonds. The van der Waals surface area contributed by atoms with Gasteiger partial charge in [0.2, 0.25) is 15.0 Å². The van der Waals surface area contributed by atoms with Gasteiger partial charge < -0.3 is 9.64 Å². The van der Waals surface area contributed by atoms with Crippen LogP contribution in [-0.2, 0) is 18.6 Å². The average molecular weight is 350 g/mol. The van der Waals surface area contributed by atoms with E-state index in [4.69, 9.17) is 10.7 Å². The van der Waals surface area contributed by atoms with Crippen LogP contribution in [0, 0.1) is 11.7 Å². The molecule has 0 spiro atoms. The van der Waals surface area contributed by atoms with Crippen LogP contribution in [0.4, 0.5) is 10.1 Å². The molecule has 0 bridgehead atoms. The number of nitrogens with zero attached hydrogens (tertiary/aromatic N) is 1. The standard InChI is InChI=1S/C13H13ClFNO5S/c1-21-13(18)10-3-2-9(15)5-11(10)16-6-8(4-12(16)17)7-22(14,19)20/h2-3,5,8H,4,6-7H2,1H3. The first-order valence-corrected chi connectivity index (χ1v) is 8.79. The van der Waals surface area contributed by atoms with E-state index in [1.54, 1.807) is 0 Å². The molecule has 2 rings (SSSR count). The summed E-state index contributed by atoms with van der Waals surface area (Å²) in [5.74, 6) is -2.61. The maximum atomic E-state index is 13.5. The van der Waals surface area contributed by atoms with Gasteiger partial charge in [-0.25, -0.2) is 17.6 Å². The predicted molar refractivity (Wildman–Crippen MR) is 77.8 cm³/mol. The van der Waals surface area contributed by atoms with Crippen molar-refractivity contribution < 1.29 is 27.1 Å². The lowest BCUT2D eigenvalue weighted by molar-refractivity contribution is -0.117. The molecule has 1 fully saturated rings. The van der Waals surface area contributed by atoms with Crippen LogP contribution < -0.4 is 4.90 Å². The van der Waals surface area contributed by atoms with E-state index in [1.165, 1.54) is 18.1 Å². The van der Waals surface area contributed by atoms with E-state index in [-0.39, 0.29) is 30.0 Å². The predicted octanol–water partition coefficient (Wildman–Crippen LogP) is 1.53. The van der Waals surface area contributed by atoms with Gasteiger partial charge in [-0.15, -0.1) is 0 Å². The van der Waals surface area contributed by atoms with Crippen LogP contribution >= 0.6 is 10.7 Å². The van der Waals surface area contributed by atoms with E-state index < -0.39 is 32.7 Å². The lowest BCUT2D eigenvalue weighted by Gasteiger charge is -2.19. The number of methoxy groups -OCH3 is 1. The minimum Gasteiger partial charge on any atom is -0.465 e. The Balaban J connectivity index is 2.34. The summed E-state index contributed by atoms with van der Waals surface area (Å²) in [5.41, 5.74) is 0.0953. The SMILES string of the molecule is COC(=O)c1ccc(F)cc1N1CC(CS(=O)(=O)Cl)CC1=O. The number of rotatable bonds is 4. The van der Waals surface area contributed by atoms with Crippen molar-refractivity contribution in [2.45, 2.75) is 6.42 Å². The van der Waals surface area contributed by atoms with Gasteiger partial charge >= 0.3 is 5.97 Å². The van der Waals surface area contributed by atoms with Crippen molar-refractivity contribution in [3.05, 3.63) is 29.6 Å². The summed E-state index contributed by atoms with van der Waals surface area (Å²) in [6, 6.07) is 3.34. The first-order chi connectivity index (χ1) is 10.2. The maximum Gasteiger partial charge on any atom is 0.339 e. The molecule has 0 N–H and O–H groups in total. The zero-order valence-corrected chi connectivity index (χ0v) is 13.2. The van der Waals surface area contributed by atoms with E-state index in [2.05, 4.69) is 4.74 Å². The second kappa shape index (κ2) is 6.21. The van der Waals surface area contributed by atoms with Gasteiger partial charge in [-0.3, -0.25) is 4.79 Å². The van der Waals surface area contributed by atoms with Gasteiger partial charge in [0, 0.05) is 29.6 Å². The summed E-state index contributed by atoms with van der Waals surface area (Å²) >= 11 is 0. The third kappa shape index (κ3) is 3.75. The van der Waals surface area contributed by atoms with Gasteiger partial charge in [-0.2, -0.15) is 0 Å². The van der Waals surface area contributed by atoms with Crippen LogP contribution in [0.5, 0.6) is 0 Å². The van der Waals surface area contributed by atoms with Gasteiger partial charge in [0.05, 0.1) is 24.1 Å². The summed E-state index contributed by atoms with van der Waals surface area (Å²) in [7, 11) is 2.61. The Morgan fingerprint density at radius 1 is 1.50 bits per heavy atom. The molecule has 9 heteroatoms. The molecule has 0 aliphatic carbocycles. The molecular weight excluding hydrogens is 337 g/mol. The Morgan fingerprint density at radius 2 is 2.18 bits per heavy atom. The number of amides is 1. The Hall–Kier alpha value is -1.67. The fourth-order valence-corrected chi connectivity index (χ4v) is 3.74. The second-order valence-corrected chi connectivity index (χ2v) is 7.75. The van der Waals surface area contributed by atoms with Crippen LogP contribution in [0.2, 0.25) is 0 Å². The summed E-state index contributed by atoms with van der Waals surface area (Å²) in [5, 5.41) is 0. The van der Waals surface area contributed by atoms with Gasteiger partial charge in [-0.1, -0.05) is 0 Å². The zero-order chi connectivity index (χ0) is 16.5. The highest BCUT2D eigenvalue weighted by Crippen LogP contribution is 2.30. The van der Waals surface area contributed by atoms with Crippen LogP contribution in [-0.4, -0.2) is 39.7 Å². The van der Waals surface area contributed by atoms with Gasteiger partial charge in [0.15, 0.2) is 0 Å². The Kier molecular flexibility index (Phi) is 4.72. The van der Waals surface area contributed by atoms with Crippen LogP contribution in [0.1, 0.15) is 16.8 Å². The van der Waals surface area contributed by atoms with E-state index in [0.29, 0.717) is 0 Å². The van der Waals surface area contributed by atoms with E-state index >= 15 is 0 Å². The molecule has 0 aromatic heterocycles. The normalized spacial score (nSPS) is 18.6.